The molecule has 34 heavy (non-hydrogen) atoms. The second kappa shape index (κ2) is 13.3. The number of carbonyl (C=O) groups is 2. The standard InChI is InChI=1S/C18H18N4O2.C5H9NO4/c1-14(12-15-8-4-2-5-9-15)22-13-17(24-21-22)20-18(23)19-16-10-6-3-7-11-16;6-3(5(9)10)1-2-4(7)8/h2-11,13-14H,12H2,1H3,(H-,19,20,21,23);3H,1-2,6H2,(H,7,8)(H,9,10)/t;3-/m.0/s1. The van der Waals surface area contributed by atoms with E-state index < -0.39 is 24.0 Å². The highest BCUT2D eigenvalue weighted by molar-refractivity contribution is 5.86. The van der Waals surface area contributed by atoms with Gasteiger partial charge in [0, 0.05) is 25.5 Å². The third-order valence-electron chi connectivity index (χ3n) is 4.52. The Bertz CT molecular complexity index is 1070. The fourth-order valence-electron chi connectivity index (χ4n) is 2.73. The van der Waals surface area contributed by atoms with Crippen molar-refractivity contribution >= 4 is 29.5 Å². The van der Waals surface area contributed by atoms with Gasteiger partial charge in [0.1, 0.15) is 6.04 Å². The fraction of sp³-hybridized carbons (Fsp3) is 0.261. The third kappa shape index (κ3) is 9.49. The van der Waals surface area contributed by atoms with Gasteiger partial charge in [0.25, 0.3) is 6.20 Å². The van der Waals surface area contributed by atoms with E-state index in [1.54, 1.807) is 23.0 Å². The summed E-state index contributed by atoms with van der Waals surface area (Å²) in [7, 11) is 0. The molecule has 11 nitrogen and oxygen atoms in total. The molecule has 11 heteroatoms. The molecule has 0 fully saturated rings. The molecular weight excluding hydrogens is 442 g/mol. The first-order valence-corrected chi connectivity index (χ1v) is 10.4. The van der Waals surface area contributed by atoms with Crippen LogP contribution in [0.15, 0.2) is 76.4 Å². The normalized spacial score (nSPS) is 12.7. The molecule has 1 heterocycles. The lowest BCUT2D eigenvalue weighted by molar-refractivity contribution is -0.782. The third-order valence-corrected chi connectivity index (χ3v) is 4.52. The number of nitrogens with two attached hydrogens (primary N) is 1. The number of anilines is 1. The highest BCUT2D eigenvalue weighted by Gasteiger charge is 2.19. The van der Waals surface area contributed by atoms with Gasteiger partial charge in [-0.2, -0.15) is 0 Å². The van der Waals surface area contributed by atoms with Gasteiger partial charge in [-0.05, 0) is 28.8 Å². The molecule has 3 aromatic rings. The number of aromatic nitrogens is 2. The Kier molecular flexibility index (Phi) is 10.2. The molecule has 0 aliphatic rings. The van der Waals surface area contributed by atoms with E-state index in [0.717, 1.165) is 6.42 Å². The molecule has 0 radical (unpaired) electrons. The zero-order valence-electron chi connectivity index (χ0n) is 18.6. The maximum absolute atomic E-state index is 11.9. The van der Waals surface area contributed by atoms with Crippen LogP contribution in [-0.4, -0.2) is 39.5 Å². The number of aliphatic carboxylic acids is 2. The second-order valence-electron chi connectivity index (χ2n) is 7.34. The molecular formula is C23H27N5O6. The van der Waals surface area contributed by atoms with E-state index in [0.29, 0.717) is 5.69 Å². The number of para-hydroxylation sites is 1. The lowest BCUT2D eigenvalue weighted by atomic mass is 10.1. The lowest BCUT2D eigenvalue weighted by Crippen LogP contribution is -2.39. The van der Waals surface area contributed by atoms with Crippen molar-refractivity contribution in [3.63, 3.8) is 0 Å². The Labute approximate surface area is 196 Å². The van der Waals surface area contributed by atoms with E-state index in [4.69, 9.17) is 20.5 Å². The van der Waals surface area contributed by atoms with Gasteiger partial charge >= 0.3 is 17.8 Å². The van der Waals surface area contributed by atoms with Gasteiger partial charge in [-0.1, -0.05) is 48.5 Å². The van der Waals surface area contributed by atoms with E-state index in [2.05, 4.69) is 27.7 Å². The average molecular weight is 469 g/mol. The predicted molar refractivity (Wildman–Crippen MR) is 121 cm³/mol. The average Bonchev–Trinajstić information content (AvgIpc) is 3.27. The van der Waals surface area contributed by atoms with Crippen molar-refractivity contribution in [2.45, 2.75) is 38.3 Å². The number of hydrogen-bond acceptors (Lipinski definition) is 7. The smallest absolute Gasteiger partial charge is 0.322 e. The zero-order valence-corrected chi connectivity index (χ0v) is 18.6. The summed E-state index contributed by atoms with van der Waals surface area (Å²) < 4.78 is 6.79. The summed E-state index contributed by atoms with van der Waals surface area (Å²) >= 11 is 0. The molecule has 1 unspecified atom stereocenters. The topological polar surface area (TPSA) is 178 Å². The summed E-state index contributed by atoms with van der Waals surface area (Å²) in [5, 5.41) is 34.8. The van der Waals surface area contributed by atoms with Gasteiger partial charge < -0.3 is 26.4 Å². The van der Waals surface area contributed by atoms with Crippen molar-refractivity contribution in [2.75, 3.05) is 5.32 Å². The first-order chi connectivity index (χ1) is 16.2. The highest BCUT2D eigenvalue weighted by Crippen LogP contribution is 2.12. The predicted octanol–water partition coefficient (Wildman–Crippen LogP) is 1.49. The van der Waals surface area contributed by atoms with Gasteiger partial charge in [-0.3, -0.25) is 14.1 Å². The molecule has 180 valence electrons. The van der Waals surface area contributed by atoms with Gasteiger partial charge in [0.15, 0.2) is 6.04 Å². The minimum atomic E-state index is -1.17. The summed E-state index contributed by atoms with van der Waals surface area (Å²) in [6.07, 6.45) is 2.21. The number of carboxylic acid groups (broad SMARTS) is 2. The minimum absolute atomic E-state index is 0.0231. The van der Waals surface area contributed by atoms with Gasteiger partial charge in [0.05, 0.1) is 6.02 Å². The van der Waals surface area contributed by atoms with Crippen LogP contribution in [-0.2, 0) is 16.0 Å². The first-order valence-electron chi connectivity index (χ1n) is 10.4. The van der Waals surface area contributed by atoms with Crippen LogP contribution < -0.4 is 20.8 Å². The number of benzene rings is 2. The molecule has 5 N–H and O–H groups in total. The van der Waals surface area contributed by atoms with E-state index in [1.807, 2.05) is 43.3 Å². The van der Waals surface area contributed by atoms with E-state index >= 15 is 0 Å². The first kappa shape index (κ1) is 26.0. The molecule has 0 saturated carbocycles. The van der Waals surface area contributed by atoms with Crippen molar-refractivity contribution in [3.8, 4) is 0 Å². The Morgan fingerprint density at radius 2 is 1.76 bits per heavy atom. The Hall–Kier alpha value is -4.25. The number of rotatable bonds is 9. The Balaban J connectivity index is 0.000000347. The maximum Gasteiger partial charge on any atom is 0.322 e. The number of nitrogens with zero attached hydrogens (tertiary/aromatic N) is 3. The van der Waals surface area contributed by atoms with E-state index in [9.17, 15) is 14.7 Å². The molecule has 2 atom stereocenters. The van der Waals surface area contributed by atoms with Crippen LogP contribution in [0.5, 0.6) is 0 Å². The molecule has 0 amide bonds. The fourth-order valence-corrected chi connectivity index (χ4v) is 2.73. The Morgan fingerprint density at radius 1 is 1.15 bits per heavy atom. The van der Waals surface area contributed by atoms with Crippen LogP contribution in [0.4, 0.5) is 11.6 Å². The van der Waals surface area contributed by atoms with Crippen molar-refractivity contribution < 1.29 is 34.1 Å². The molecule has 0 bridgehead atoms. The van der Waals surface area contributed by atoms with Crippen LogP contribution in [0.2, 0.25) is 0 Å². The number of aliphatic imine (C=N–C) groups is 1. The SMILES string of the molecule is CC(Cc1ccccc1)[n+]1cc(/N=C(\[O-])Nc2ccccc2)on1.N[C@@H](CCC(=O)O)C(=O)O. The summed E-state index contributed by atoms with van der Waals surface area (Å²) in [4.78, 5) is 23.7. The van der Waals surface area contributed by atoms with Crippen LogP contribution in [0.1, 0.15) is 31.4 Å². The molecule has 0 spiro atoms. The monoisotopic (exact) mass is 469 g/mol. The second-order valence-corrected chi connectivity index (χ2v) is 7.34. The van der Waals surface area contributed by atoms with Crippen molar-refractivity contribution in [1.82, 2.24) is 5.27 Å². The highest BCUT2D eigenvalue weighted by atomic mass is 16.5. The number of nitrogens with one attached hydrogen (secondary N) is 1. The van der Waals surface area contributed by atoms with Gasteiger partial charge in [-0.15, -0.1) is 0 Å². The van der Waals surface area contributed by atoms with Gasteiger partial charge in [0.2, 0.25) is 5.27 Å². The molecule has 3 rings (SSSR count). The zero-order chi connectivity index (χ0) is 24.9. The van der Waals surface area contributed by atoms with Crippen molar-refractivity contribution in [2.24, 2.45) is 10.7 Å². The summed E-state index contributed by atoms with van der Waals surface area (Å²) in [6, 6.07) is 17.8. The van der Waals surface area contributed by atoms with E-state index in [1.165, 1.54) is 5.56 Å². The molecule has 0 saturated heterocycles. The molecule has 1 aromatic heterocycles. The van der Waals surface area contributed by atoms with Crippen molar-refractivity contribution in [3.05, 3.63) is 72.4 Å². The number of hydrogen-bond donors (Lipinski definition) is 4. The van der Waals surface area contributed by atoms with Crippen LogP contribution >= 0.6 is 0 Å². The van der Waals surface area contributed by atoms with Crippen LogP contribution in [0, 0.1) is 0 Å². The van der Waals surface area contributed by atoms with Crippen LogP contribution in [0.25, 0.3) is 0 Å². The lowest BCUT2D eigenvalue weighted by Gasteiger charge is -2.11. The Morgan fingerprint density at radius 3 is 2.35 bits per heavy atom. The molecule has 0 aliphatic heterocycles. The number of amidine groups is 1. The summed E-state index contributed by atoms with van der Waals surface area (Å²) in [5.41, 5.74) is 6.89. The maximum atomic E-state index is 11.9. The minimum Gasteiger partial charge on any atom is -0.846 e. The summed E-state index contributed by atoms with van der Waals surface area (Å²) in [5.74, 6) is -2.03. The largest absolute Gasteiger partial charge is 0.846 e. The van der Waals surface area contributed by atoms with Crippen molar-refractivity contribution in [1.29, 1.82) is 0 Å². The van der Waals surface area contributed by atoms with E-state index in [-0.39, 0.29) is 24.8 Å². The van der Waals surface area contributed by atoms with Gasteiger partial charge in [-0.25, -0.2) is 4.99 Å². The molecule has 2 aromatic carbocycles. The summed E-state index contributed by atoms with van der Waals surface area (Å²) in [6.45, 7) is 2.03. The van der Waals surface area contributed by atoms with Crippen LogP contribution in [0.3, 0.4) is 0 Å². The molecule has 0 aliphatic carbocycles. The quantitative estimate of drug-likeness (QED) is 0.205. The number of carboxylic acids is 2.